The van der Waals surface area contributed by atoms with Crippen LogP contribution in [0.25, 0.3) is 0 Å². The second-order valence-electron chi connectivity index (χ2n) is 6.95. The van der Waals surface area contributed by atoms with Gasteiger partial charge >= 0.3 is 0 Å². The van der Waals surface area contributed by atoms with Crippen molar-refractivity contribution in [2.75, 3.05) is 37.8 Å². The molecule has 2 aromatic rings. The van der Waals surface area contributed by atoms with E-state index in [4.69, 9.17) is 4.74 Å². The van der Waals surface area contributed by atoms with Gasteiger partial charge in [0.1, 0.15) is 19.0 Å². The Hall–Kier alpha value is -2.56. The number of hydrogen-bond acceptors (Lipinski definition) is 3. The molecule has 0 fully saturated rings. The Morgan fingerprint density at radius 2 is 1.61 bits per heavy atom. The van der Waals surface area contributed by atoms with Crippen LogP contribution in [0.3, 0.4) is 0 Å². The third kappa shape index (κ3) is 6.25. The number of benzene rings is 2. The zero-order chi connectivity index (χ0) is 20.5. The second-order valence-corrected chi connectivity index (χ2v) is 6.95. The van der Waals surface area contributed by atoms with E-state index in [2.05, 4.69) is 36.9 Å². The van der Waals surface area contributed by atoms with Crippen LogP contribution in [0.4, 0.5) is 10.1 Å². The minimum absolute atomic E-state index is 0.0619. The van der Waals surface area contributed by atoms with Gasteiger partial charge in [-0.05, 0) is 68.7 Å². The number of hydrogen-bond donors (Lipinski definition) is 0. The zero-order valence-corrected chi connectivity index (χ0v) is 17.4. The van der Waals surface area contributed by atoms with E-state index in [0.29, 0.717) is 31.9 Å². The summed E-state index contributed by atoms with van der Waals surface area (Å²) in [7, 11) is 0. The average Bonchev–Trinajstić information content (AvgIpc) is 2.67. The summed E-state index contributed by atoms with van der Waals surface area (Å²) in [6, 6.07) is 14.0. The molecule has 0 radical (unpaired) electrons. The number of likely N-dealkylation sites (N-methyl/N-ethyl adjacent to an activating group) is 1. The lowest BCUT2D eigenvalue weighted by molar-refractivity contribution is -0.129. The molecule has 0 spiro atoms. The SMILES string of the molecule is CCN(CC)C(=O)CN(Cc1ccc(OCCF)cc1)c1cc(C)cc(C)c1. The highest BCUT2D eigenvalue weighted by atomic mass is 19.1. The van der Waals surface area contributed by atoms with Gasteiger partial charge in [-0.25, -0.2) is 4.39 Å². The fourth-order valence-corrected chi connectivity index (χ4v) is 3.28. The summed E-state index contributed by atoms with van der Waals surface area (Å²) in [5.74, 6) is 0.769. The van der Waals surface area contributed by atoms with Crippen molar-refractivity contribution in [2.45, 2.75) is 34.2 Å². The van der Waals surface area contributed by atoms with Crippen LogP contribution in [-0.2, 0) is 11.3 Å². The van der Waals surface area contributed by atoms with Crippen LogP contribution in [0, 0.1) is 13.8 Å². The predicted molar refractivity (Wildman–Crippen MR) is 113 cm³/mol. The number of alkyl halides is 1. The first-order valence-electron chi connectivity index (χ1n) is 9.85. The molecule has 0 saturated heterocycles. The summed E-state index contributed by atoms with van der Waals surface area (Å²) >= 11 is 0. The van der Waals surface area contributed by atoms with Crippen LogP contribution in [0.15, 0.2) is 42.5 Å². The summed E-state index contributed by atoms with van der Waals surface area (Å²) in [6.45, 7) is 10.0. The van der Waals surface area contributed by atoms with Gasteiger partial charge in [0.15, 0.2) is 0 Å². The topological polar surface area (TPSA) is 32.8 Å². The third-order valence-electron chi connectivity index (χ3n) is 4.66. The molecule has 152 valence electrons. The average molecular weight is 387 g/mol. The van der Waals surface area contributed by atoms with Crippen molar-refractivity contribution < 1.29 is 13.9 Å². The first-order valence-corrected chi connectivity index (χ1v) is 9.85. The van der Waals surface area contributed by atoms with Gasteiger partial charge in [0.05, 0.1) is 6.54 Å². The summed E-state index contributed by atoms with van der Waals surface area (Å²) in [6.07, 6.45) is 0. The lowest BCUT2D eigenvalue weighted by Crippen LogP contribution is -2.40. The van der Waals surface area contributed by atoms with Crippen molar-refractivity contribution in [1.29, 1.82) is 0 Å². The molecule has 0 aliphatic carbocycles. The number of halogens is 1. The van der Waals surface area contributed by atoms with Crippen molar-refractivity contribution >= 4 is 11.6 Å². The number of rotatable bonds is 10. The van der Waals surface area contributed by atoms with Crippen LogP contribution in [0.2, 0.25) is 0 Å². The van der Waals surface area contributed by atoms with Crippen LogP contribution in [0.1, 0.15) is 30.5 Å². The molecule has 5 heteroatoms. The highest BCUT2D eigenvalue weighted by molar-refractivity contribution is 5.81. The first kappa shape index (κ1) is 21.7. The molecule has 2 aromatic carbocycles. The first-order chi connectivity index (χ1) is 13.5. The Kier molecular flexibility index (Phi) is 8.30. The maximum absolute atomic E-state index is 12.8. The maximum atomic E-state index is 12.8. The molecule has 0 bridgehead atoms. The number of amides is 1. The minimum Gasteiger partial charge on any atom is -0.491 e. The van der Waals surface area contributed by atoms with Crippen molar-refractivity contribution in [3.63, 3.8) is 0 Å². The summed E-state index contributed by atoms with van der Waals surface area (Å²) < 4.78 is 17.6. The standard InChI is InChI=1S/C23H31FN2O2/c1-5-25(6-2)23(27)17-26(21-14-18(3)13-19(4)15-21)16-20-7-9-22(10-8-20)28-12-11-24/h7-10,13-15H,5-6,11-12,16-17H2,1-4H3. The van der Waals surface area contributed by atoms with Crippen molar-refractivity contribution in [3.8, 4) is 5.75 Å². The van der Waals surface area contributed by atoms with E-state index in [9.17, 15) is 9.18 Å². The number of carbonyl (C=O) groups excluding carboxylic acids is 1. The Labute approximate surface area is 167 Å². The second kappa shape index (κ2) is 10.7. The highest BCUT2D eigenvalue weighted by Crippen LogP contribution is 2.22. The van der Waals surface area contributed by atoms with Crippen LogP contribution >= 0.6 is 0 Å². The monoisotopic (exact) mass is 386 g/mol. The van der Waals surface area contributed by atoms with Gasteiger partial charge < -0.3 is 14.5 Å². The fraction of sp³-hybridized carbons (Fsp3) is 0.435. The van der Waals surface area contributed by atoms with Crippen molar-refractivity contribution in [2.24, 2.45) is 0 Å². The maximum Gasteiger partial charge on any atom is 0.242 e. The van der Waals surface area contributed by atoms with Crippen molar-refractivity contribution in [1.82, 2.24) is 4.90 Å². The smallest absolute Gasteiger partial charge is 0.242 e. The molecule has 1 amide bonds. The molecule has 0 atom stereocenters. The van der Waals surface area contributed by atoms with Gasteiger partial charge in [-0.2, -0.15) is 0 Å². The molecule has 2 rings (SSSR count). The zero-order valence-electron chi connectivity index (χ0n) is 17.4. The molecule has 0 aliphatic rings. The number of anilines is 1. The van der Waals surface area contributed by atoms with Crippen LogP contribution in [0.5, 0.6) is 5.75 Å². The Balaban J connectivity index is 2.23. The lowest BCUT2D eigenvalue weighted by atomic mass is 10.1. The largest absolute Gasteiger partial charge is 0.491 e. The van der Waals surface area contributed by atoms with Gasteiger partial charge in [-0.1, -0.05) is 18.2 Å². The molecule has 0 aromatic heterocycles. The number of nitrogens with zero attached hydrogens (tertiary/aromatic N) is 2. The van der Waals surface area contributed by atoms with Crippen LogP contribution < -0.4 is 9.64 Å². The van der Waals surface area contributed by atoms with E-state index in [1.807, 2.05) is 43.0 Å². The van der Waals surface area contributed by atoms with E-state index in [-0.39, 0.29) is 12.5 Å². The quantitative estimate of drug-likeness (QED) is 0.602. The van der Waals surface area contributed by atoms with Crippen molar-refractivity contribution in [3.05, 3.63) is 59.2 Å². The Morgan fingerprint density at radius 1 is 1.00 bits per heavy atom. The molecule has 28 heavy (non-hydrogen) atoms. The highest BCUT2D eigenvalue weighted by Gasteiger charge is 2.17. The van der Waals surface area contributed by atoms with E-state index < -0.39 is 6.67 Å². The van der Waals surface area contributed by atoms with E-state index in [1.165, 1.54) is 11.1 Å². The van der Waals surface area contributed by atoms with Gasteiger partial charge in [-0.15, -0.1) is 0 Å². The Morgan fingerprint density at radius 3 is 2.14 bits per heavy atom. The molecule has 4 nitrogen and oxygen atoms in total. The molecule has 0 unspecified atom stereocenters. The fourth-order valence-electron chi connectivity index (χ4n) is 3.28. The van der Waals surface area contributed by atoms with E-state index in [1.54, 1.807) is 0 Å². The lowest BCUT2D eigenvalue weighted by Gasteiger charge is -2.28. The van der Waals surface area contributed by atoms with Crippen LogP contribution in [-0.4, -0.2) is 43.7 Å². The molecule has 0 saturated carbocycles. The predicted octanol–water partition coefficient (Wildman–Crippen LogP) is 4.53. The molecular formula is C23H31FN2O2. The summed E-state index contributed by atoms with van der Waals surface area (Å²) in [5.41, 5.74) is 4.45. The van der Waals surface area contributed by atoms with E-state index >= 15 is 0 Å². The van der Waals surface area contributed by atoms with Gasteiger partial charge in [0.2, 0.25) is 5.91 Å². The molecule has 0 aliphatic heterocycles. The summed E-state index contributed by atoms with van der Waals surface area (Å²) in [5, 5.41) is 0. The summed E-state index contributed by atoms with van der Waals surface area (Å²) in [4.78, 5) is 16.7. The number of aryl methyl sites for hydroxylation is 2. The van der Waals surface area contributed by atoms with Gasteiger partial charge in [-0.3, -0.25) is 4.79 Å². The molecular weight excluding hydrogens is 355 g/mol. The Bertz CT molecular complexity index is 737. The number of carbonyl (C=O) groups is 1. The van der Waals surface area contributed by atoms with E-state index in [0.717, 1.165) is 11.3 Å². The normalized spacial score (nSPS) is 10.6. The molecule has 0 heterocycles. The van der Waals surface area contributed by atoms with Gasteiger partial charge in [0.25, 0.3) is 0 Å². The molecule has 0 N–H and O–H groups in total. The number of ether oxygens (including phenoxy) is 1. The minimum atomic E-state index is -0.504. The van der Waals surface area contributed by atoms with Gasteiger partial charge in [0, 0.05) is 25.3 Å². The third-order valence-corrected chi connectivity index (χ3v) is 4.66.